The molecule has 0 amide bonds. The van der Waals surface area contributed by atoms with Gasteiger partial charge >= 0.3 is 0 Å². The molecule has 0 bridgehead atoms. The Bertz CT molecular complexity index is 1170. The molecule has 0 atom stereocenters. The molecular formula is C17H16BrN3O3S2. The quantitative estimate of drug-likeness (QED) is 0.616. The molecular weight excluding hydrogens is 438 g/mol. The third-order valence-electron chi connectivity index (χ3n) is 4.45. The third kappa shape index (κ3) is 3.24. The van der Waals surface area contributed by atoms with Crippen LogP contribution in [0.3, 0.4) is 0 Å². The van der Waals surface area contributed by atoms with E-state index < -0.39 is 9.84 Å². The Morgan fingerprint density at radius 3 is 2.85 bits per heavy atom. The summed E-state index contributed by atoms with van der Waals surface area (Å²) >= 11 is 5.43. The molecule has 1 aromatic carbocycles. The first-order valence-electron chi connectivity index (χ1n) is 8.03. The highest BCUT2D eigenvalue weighted by Crippen LogP contribution is 2.36. The lowest BCUT2D eigenvalue weighted by atomic mass is 10.1. The molecule has 0 spiro atoms. The number of benzene rings is 1. The lowest BCUT2D eigenvalue weighted by Crippen LogP contribution is -2.36. The van der Waals surface area contributed by atoms with Gasteiger partial charge in [0.25, 0.3) is 5.56 Å². The highest BCUT2D eigenvalue weighted by atomic mass is 79.9. The van der Waals surface area contributed by atoms with Crippen molar-refractivity contribution in [3.8, 4) is 0 Å². The zero-order valence-electron chi connectivity index (χ0n) is 14.0. The molecule has 1 N–H and O–H groups in total. The van der Waals surface area contributed by atoms with E-state index in [4.69, 9.17) is 0 Å². The maximum atomic E-state index is 12.3. The van der Waals surface area contributed by atoms with E-state index in [1.165, 1.54) is 15.0 Å². The predicted molar refractivity (Wildman–Crippen MR) is 105 cm³/mol. The number of fused-ring (bicyclic) bond motifs is 2. The first kappa shape index (κ1) is 17.8. The van der Waals surface area contributed by atoms with Crippen molar-refractivity contribution < 1.29 is 8.42 Å². The summed E-state index contributed by atoms with van der Waals surface area (Å²) in [4.78, 5) is 22.3. The lowest BCUT2D eigenvalue weighted by molar-refractivity contribution is 0.242. The van der Waals surface area contributed by atoms with Crippen LogP contribution in [0.1, 0.15) is 16.1 Å². The van der Waals surface area contributed by atoms with Crippen LogP contribution in [-0.2, 0) is 29.3 Å². The first-order valence-corrected chi connectivity index (χ1v) is 11.5. The number of aromatic amines is 1. The molecule has 3 aromatic rings. The number of thiophene rings is 1. The van der Waals surface area contributed by atoms with Gasteiger partial charge in [-0.15, -0.1) is 11.3 Å². The molecule has 136 valence electrons. The average molecular weight is 454 g/mol. The molecule has 0 aliphatic carbocycles. The molecule has 3 heterocycles. The van der Waals surface area contributed by atoms with Crippen molar-refractivity contribution in [2.24, 2.45) is 0 Å². The number of nitrogens with one attached hydrogen (secondary N) is 1. The molecule has 0 saturated carbocycles. The zero-order valence-corrected chi connectivity index (χ0v) is 17.2. The Morgan fingerprint density at radius 2 is 2.12 bits per heavy atom. The van der Waals surface area contributed by atoms with Crippen LogP contribution in [0.4, 0.5) is 0 Å². The summed E-state index contributed by atoms with van der Waals surface area (Å²) in [5.41, 5.74) is 0.775. The minimum Gasteiger partial charge on any atom is -0.297 e. The maximum Gasteiger partial charge on any atom is 0.256 e. The SMILES string of the molecule is CS(=O)(=O)c1nc2c(c(=O)[nH]1)CN(Cc1sc3ccccc3c1Br)CC2. The molecule has 0 fully saturated rings. The minimum atomic E-state index is -3.53. The van der Waals surface area contributed by atoms with E-state index in [1.807, 2.05) is 12.1 Å². The Labute approximate surface area is 162 Å². The van der Waals surface area contributed by atoms with Crippen molar-refractivity contribution in [2.75, 3.05) is 12.8 Å². The van der Waals surface area contributed by atoms with Crippen LogP contribution in [0.15, 0.2) is 38.7 Å². The number of rotatable bonds is 3. The Kier molecular flexibility index (Phi) is 4.50. The van der Waals surface area contributed by atoms with Gasteiger partial charge in [-0.3, -0.25) is 14.7 Å². The fourth-order valence-corrected chi connectivity index (χ4v) is 5.68. The Morgan fingerprint density at radius 1 is 1.35 bits per heavy atom. The summed E-state index contributed by atoms with van der Waals surface area (Å²) in [6.45, 7) is 1.92. The van der Waals surface area contributed by atoms with Gasteiger partial charge in [0.2, 0.25) is 15.0 Å². The van der Waals surface area contributed by atoms with Crippen molar-refractivity contribution >= 4 is 47.2 Å². The number of aromatic nitrogens is 2. The molecule has 4 rings (SSSR count). The highest BCUT2D eigenvalue weighted by molar-refractivity contribution is 9.10. The maximum absolute atomic E-state index is 12.3. The van der Waals surface area contributed by atoms with Crippen LogP contribution in [0.2, 0.25) is 0 Å². The van der Waals surface area contributed by atoms with Gasteiger partial charge in [0.1, 0.15) is 0 Å². The summed E-state index contributed by atoms with van der Waals surface area (Å²) in [6.07, 6.45) is 1.61. The number of H-pyrrole nitrogens is 1. The molecule has 9 heteroatoms. The molecule has 1 aliphatic heterocycles. The number of hydrogen-bond donors (Lipinski definition) is 1. The second-order valence-electron chi connectivity index (χ2n) is 6.36. The summed E-state index contributed by atoms with van der Waals surface area (Å²) in [7, 11) is -3.53. The minimum absolute atomic E-state index is 0.248. The van der Waals surface area contributed by atoms with Gasteiger partial charge in [-0.05, 0) is 22.0 Å². The average Bonchev–Trinajstić information content (AvgIpc) is 2.91. The number of hydrogen-bond acceptors (Lipinski definition) is 6. The van der Waals surface area contributed by atoms with Gasteiger partial charge < -0.3 is 0 Å². The van der Waals surface area contributed by atoms with Crippen LogP contribution in [0, 0.1) is 0 Å². The molecule has 0 saturated heterocycles. The summed E-state index contributed by atoms with van der Waals surface area (Å²) in [6, 6.07) is 8.23. The third-order valence-corrected chi connectivity index (χ3v) is 7.67. The van der Waals surface area contributed by atoms with E-state index in [1.54, 1.807) is 11.3 Å². The van der Waals surface area contributed by atoms with E-state index in [2.05, 4.69) is 42.9 Å². The van der Waals surface area contributed by atoms with Crippen molar-refractivity contribution in [2.45, 2.75) is 24.7 Å². The fourth-order valence-electron chi connectivity index (χ4n) is 3.14. The number of sulfone groups is 1. The van der Waals surface area contributed by atoms with Gasteiger partial charge in [-0.1, -0.05) is 18.2 Å². The molecule has 1 aliphatic rings. The predicted octanol–water partition coefficient (Wildman–Crippen LogP) is 2.71. The summed E-state index contributed by atoms with van der Waals surface area (Å²) in [5.74, 6) is 0. The van der Waals surface area contributed by atoms with E-state index in [0.717, 1.165) is 23.8 Å². The Hall–Kier alpha value is -1.55. The van der Waals surface area contributed by atoms with Gasteiger partial charge in [0.15, 0.2) is 0 Å². The van der Waals surface area contributed by atoms with Gasteiger partial charge in [0.05, 0.1) is 11.3 Å². The van der Waals surface area contributed by atoms with Crippen LogP contribution >= 0.6 is 27.3 Å². The zero-order chi connectivity index (χ0) is 18.5. The highest BCUT2D eigenvalue weighted by Gasteiger charge is 2.24. The van der Waals surface area contributed by atoms with Gasteiger partial charge in [-0.2, -0.15) is 0 Å². The topological polar surface area (TPSA) is 83.1 Å². The van der Waals surface area contributed by atoms with Crippen molar-refractivity contribution in [3.05, 3.63) is 55.2 Å². The van der Waals surface area contributed by atoms with Gasteiger partial charge in [-0.25, -0.2) is 13.4 Å². The fraction of sp³-hybridized carbons (Fsp3) is 0.294. The van der Waals surface area contributed by atoms with Crippen molar-refractivity contribution in [1.82, 2.24) is 14.9 Å². The number of halogens is 1. The van der Waals surface area contributed by atoms with E-state index in [-0.39, 0.29) is 10.7 Å². The molecule has 2 aromatic heterocycles. The standard InChI is InChI=1S/C17H16BrN3O3S2/c1-26(23,24)17-19-12-6-7-21(8-11(12)16(22)20-17)9-14-15(18)10-4-2-3-5-13(10)25-14/h2-5H,6-9H2,1H3,(H,19,20,22). The van der Waals surface area contributed by atoms with E-state index in [0.29, 0.717) is 24.2 Å². The van der Waals surface area contributed by atoms with Crippen LogP contribution < -0.4 is 5.56 Å². The second kappa shape index (κ2) is 6.56. The van der Waals surface area contributed by atoms with Crippen molar-refractivity contribution in [3.63, 3.8) is 0 Å². The van der Waals surface area contributed by atoms with E-state index in [9.17, 15) is 13.2 Å². The Balaban J connectivity index is 1.62. The van der Waals surface area contributed by atoms with Crippen LogP contribution in [-0.4, -0.2) is 36.1 Å². The molecule has 0 unspecified atom stereocenters. The van der Waals surface area contributed by atoms with Crippen LogP contribution in [0.5, 0.6) is 0 Å². The second-order valence-corrected chi connectivity index (χ2v) is 10.2. The lowest BCUT2D eigenvalue weighted by Gasteiger charge is -2.27. The summed E-state index contributed by atoms with van der Waals surface area (Å²) < 4.78 is 25.6. The molecule has 0 radical (unpaired) electrons. The summed E-state index contributed by atoms with van der Waals surface area (Å²) in [5, 5.41) is 0.948. The molecule has 6 nitrogen and oxygen atoms in total. The van der Waals surface area contributed by atoms with Crippen LogP contribution in [0.25, 0.3) is 10.1 Å². The smallest absolute Gasteiger partial charge is 0.256 e. The largest absolute Gasteiger partial charge is 0.297 e. The first-order chi connectivity index (χ1) is 12.3. The van der Waals surface area contributed by atoms with E-state index >= 15 is 0 Å². The van der Waals surface area contributed by atoms with Gasteiger partial charge in [0, 0.05) is 51.7 Å². The normalized spacial score (nSPS) is 15.3. The molecule has 26 heavy (non-hydrogen) atoms. The van der Waals surface area contributed by atoms with Crippen molar-refractivity contribution in [1.29, 1.82) is 0 Å². The monoisotopic (exact) mass is 453 g/mol. The number of nitrogens with zero attached hydrogens (tertiary/aromatic N) is 2.